The first-order valence-electron chi connectivity index (χ1n) is 7.72. The van der Waals surface area contributed by atoms with Crippen molar-refractivity contribution >= 4 is 27.5 Å². The van der Waals surface area contributed by atoms with E-state index < -0.39 is 0 Å². The SMILES string of the molecule is C=CCn1c(=NC(=O)c2cc(C)n(C)n2)sc2cc(C)c(C)cc21. The van der Waals surface area contributed by atoms with E-state index in [0.29, 0.717) is 17.0 Å². The summed E-state index contributed by atoms with van der Waals surface area (Å²) in [5.41, 5.74) is 4.82. The molecule has 0 aliphatic rings. The molecule has 6 heteroatoms. The molecule has 2 aromatic heterocycles. The highest BCUT2D eigenvalue weighted by molar-refractivity contribution is 7.16. The molecule has 0 aliphatic heterocycles. The minimum Gasteiger partial charge on any atom is -0.312 e. The minimum absolute atomic E-state index is 0.323. The van der Waals surface area contributed by atoms with Crippen LogP contribution >= 0.6 is 11.3 Å². The van der Waals surface area contributed by atoms with Gasteiger partial charge in [0.25, 0.3) is 5.91 Å². The van der Waals surface area contributed by atoms with E-state index in [4.69, 9.17) is 0 Å². The number of carbonyl (C=O) groups is 1. The monoisotopic (exact) mass is 340 g/mol. The van der Waals surface area contributed by atoms with Gasteiger partial charge in [-0.05, 0) is 50.1 Å². The number of aromatic nitrogens is 3. The van der Waals surface area contributed by atoms with Gasteiger partial charge >= 0.3 is 0 Å². The van der Waals surface area contributed by atoms with Crippen molar-refractivity contribution in [2.75, 3.05) is 0 Å². The summed E-state index contributed by atoms with van der Waals surface area (Å²) in [6.07, 6.45) is 1.82. The maximum absolute atomic E-state index is 12.5. The van der Waals surface area contributed by atoms with Gasteiger partial charge in [0.1, 0.15) is 0 Å². The zero-order chi connectivity index (χ0) is 17.4. The van der Waals surface area contributed by atoms with Crippen molar-refractivity contribution in [2.45, 2.75) is 27.3 Å². The Kier molecular flexibility index (Phi) is 4.24. The molecule has 3 rings (SSSR count). The first-order valence-corrected chi connectivity index (χ1v) is 8.53. The van der Waals surface area contributed by atoms with Crippen molar-refractivity contribution < 1.29 is 4.79 Å². The Morgan fingerprint density at radius 1 is 1.29 bits per heavy atom. The molecule has 2 heterocycles. The van der Waals surface area contributed by atoms with Crippen LogP contribution in [0, 0.1) is 20.8 Å². The molecule has 0 bridgehead atoms. The highest BCUT2D eigenvalue weighted by Crippen LogP contribution is 2.22. The number of aryl methyl sites for hydroxylation is 4. The Hall–Kier alpha value is -2.47. The Labute approximate surface area is 144 Å². The number of fused-ring (bicyclic) bond motifs is 1. The number of benzene rings is 1. The van der Waals surface area contributed by atoms with Crippen LogP contribution in [0.3, 0.4) is 0 Å². The van der Waals surface area contributed by atoms with Gasteiger partial charge < -0.3 is 4.57 Å². The molecule has 0 fully saturated rings. The van der Waals surface area contributed by atoms with Gasteiger partial charge in [0.2, 0.25) is 0 Å². The lowest BCUT2D eigenvalue weighted by Crippen LogP contribution is -2.16. The molecule has 124 valence electrons. The lowest BCUT2D eigenvalue weighted by Gasteiger charge is -2.03. The van der Waals surface area contributed by atoms with E-state index in [2.05, 4.69) is 42.7 Å². The molecule has 0 saturated carbocycles. The standard InChI is InChI=1S/C18H20N4OS/c1-6-7-22-15-8-11(2)12(3)9-16(15)24-18(22)19-17(23)14-10-13(4)21(5)20-14/h6,8-10H,1,7H2,2-5H3. The summed E-state index contributed by atoms with van der Waals surface area (Å²) in [7, 11) is 1.81. The highest BCUT2D eigenvalue weighted by atomic mass is 32.1. The van der Waals surface area contributed by atoms with Crippen molar-refractivity contribution in [1.29, 1.82) is 0 Å². The molecule has 1 aromatic carbocycles. The van der Waals surface area contributed by atoms with Crippen LogP contribution in [0.4, 0.5) is 0 Å². The highest BCUT2D eigenvalue weighted by Gasteiger charge is 2.12. The summed E-state index contributed by atoms with van der Waals surface area (Å²) in [5.74, 6) is -0.323. The Morgan fingerprint density at radius 2 is 2.00 bits per heavy atom. The van der Waals surface area contributed by atoms with E-state index in [-0.39, 0.29) is 5.91 Å². The van der Waals surface area contributed by atoms with Crippen molar-refractivity contribution in [2.24, 2.45) is 12.0 Å². The molecule has 0 radical (unpaired) electrons. The normalized spacial score (nSPS) is 12.1. The third kappa shape index (κ3) is 2.85. The molecule has 0 spiro atoms. The largest absolute Gasteiger partial charge is 0.312 e. The number of hydrogen-bond acceptors (Lipinski definition) is 3. The number of amides is 1. The molecule has 0 aliphatic carbocycles. The fourth-order valence-electron chi connectivity index (χ4n) is 2.52. The third-order valence-corrected chi connectivity index (χ3v) is 5.18. The first kappa shape index (κ1) is 16.4. The molecule has 24 heavy (non-hydrogen) atoms. The average Bonchev–Trinajstić information content (AvgIpc) is 3.02. The fourth-order valence-corrected chi connectivity index (χ4v) is 3.64. The number of nitrogens with zero attached hydrogens (tertiary/aromatic N) is 4. The van der Waals surface area contributed by atoms with Crippen LogP contribution in [0.2, 0.25) is 0 Å². The summed E-state index contributed by atoms with van der Waals surface area (Å²) in [4.78, 5) is 17.5. The molecule has 3 aromatic rings. The summed E-state index contributed by atoms with van der Waals surface area (Å²) in [6.45, 7) is 10.5. The van der Waals surface area contributed by atoms with Crippen molar-refractivity contribution in [1.82, 2.24) is 14.3 Å². The number of allylic oxidation sites excluding steroid dienone is 1. The predicted molar refractivity (Wildman–Crippen MR) is 97.3 cm³/mol. The topological polar surface area (TPSA) is 52.2 Å². The molecule has 0 N–H and O–H groups in total. The molecule has 0 atom stereocenters. The van der Waals surface area contributed by atoms with Gasteiger partial charge in [-0.1, -0.05) is 17.4 Å². The van der Waals surface area contributed by atoms with Gasteiger partial charge in [0, 0.05) is 19.3 Å². The van der Waals surface area contributed by atoms with Crippen LogP contribution in [-0.2, 0) is 13.6 Å². The van der Waals surface area contributed by atoms with Crippen LogP contribution in [0.1, 0.15) is 27.3 Å². The van der Waals surface area contributed by atoms with Crippen LogP contribution in [0.5, 0.6) is 0 Å². The summed E-state index contributed by atoms with van der Waals surface area (Å²) >= 11 is 1.51. The average molecular weight is 340 g/mol. The Morgan fingerprint density at radius 3 is 2.62 bits per heavy atom. The van der Waals surface area contributed by atoms with Crippen molar-refractivity contribution in [3.8, 4) is 0 Å². The minimum atomic E-state index is -0.323. The van der Waals surface area contributed by atoms with E-state index in [0.717, 1.165) is 15.9 Å². The van der Waals surface area contributed by atoms with Crippen molar-refractivity contribution in [3.63, 3.8) is 0 Å². The Balaban J connectivity index is 2.18. The molecule has 5 nitrogen and oxygen atoms in total. The summed E-state index contributed by atoms with van der Waals surface area (Å²) in [6, 6.07) is 6.04. The zero-order valence-corrected chi connectivity index (χ0v) is 15.1. The summed E-state index contributed by atoms with van der Waals surface area (Å²) < 4.78 is 4.81. The van der Waals surface area contributed by atoms with E-state index in [1.54, 1.807) is 10.7 Å². The quantitative estimate of drug-likeness (QED) is 0.687. The van der Waals surface area contributed by atoms with Gasteiger partial charge in [-0.3, -0.25) is 9.48 Å². The maximum atomic E-state index is 12.5. The smallest absolute Gasteiger partial charge is 0.300 e. The fraction of sp³-hybridized carbons (Fsp3) is 0.278. The molecule has 1 amide bonds. The van der Waals surface area contributed by atoms with Gasteiger partial charge in [0.15, 0.2) is 10.5 Å². The van der Waals surface area contributed by atoms with Gasteiger partial charge in [-0.2, -0.15) is 10.1 Å². The number of thiazole rings is 1. The van der Waals surface area contributed by atoms with E-state index in [1.165, 1.54) is 22.5 Å². The molecule has 0 unspecified atom stereocenters. The van der Waals surface area contributed by atoms with E-state index in [1.807, 2.05) is 24.6 Å². The van der Waals surface area contributed by atoms with Crippen molar-refractivity contribution in [3.05, 3.63) is 58.2 Å². The summed E-state index contributed by atoms with van der Waals surface area (Å²) in [5, 5.41) is 4.21. The van der Waals surface area contributed by atoms with Gasteiger partial charge in [0.05, 0.1) is 10.2 Å². The Bertz CT molecular complexity index is 1000. The van der Waals surface area contributed by atoms with Gasteiger partial charge in [-0.15, -0.1) is 6.58 Å². The van der Waals surface area contributed by atoms with Crippen LogP contribution in [0.15, 0.2) is 35.8 Å². The molecular formula is C18H20N4OS. The zero-order valence-electron chi connectivity index (χ0n) is 14.3. The van der Waals surface area contributed by atoms with Gasteiger partial charge in [-0.25, -0.2) is 0 Å². The third-order valence-electron chi connectivity index (χ3n) is 4.14. The maximum Gasteiger partial charge on any atom is 0.300 e. The van der Waals surface area contributed by atoms with E-state index >= 15 is 0 Å². The number of hydrogen-bond donors (Lipinski definition) is 0. The first-order chi connectivity index (χ1) is 11.4. The number of carbonyl (C=O) groups excluding carboxylic acids is 1. The van der Waals surface area contributed by atoms with Crippen LogP contribution in [-0.4, -0.2) is 20.3 Å². The van der Waals surface area contributed by atoms with Crippen LogP contribution < -0.4 is 4.80 Å². The predicted octanol–water partition coefficient (Wildman–Crippen LogP) is 3.29. The second kappa shape index (κ2) is 6.20. The lowest BCUT2D eigenvalue weighted by molar-refractivity contribution is 0.0992. The second-order valence-corrected chi connectivity index (χ2v) is 6.91. The molecule has 0 saturated heterocycles. The second-order valence-electron chi connectivity index (χ2n) is 5.90. The van der Waals surface area contributed by atoms with E-state index in [9.17, 15) is 4.79 Å². The lowest BCUT2D eigenvalue weighted by atomic mass is 10.1. The molecular weight excluding hydrogens is 320 g/mol. The van der Waals surface area contributed by atoms with Crippen LogP contribution in [0.25, 0.3) is 10.2 Å². The number of rotatable bonds is 3.